The Kier molecular flexibility index (Phi) is 4.28. The summed E-state index contributed by atoms with van der Waals surface area (Å²) in [6.07, 6.45) is 3.31. The van der Waals surface area contributed by atoms with E-state index in [9.17, 15) is 4.79 Å². The lowest BCUT2D eigenvalue weighted by molar-refractivity contribution is 0.0936. The molecule has 1 aliphatic carbocycles. The number of carbonyl (C=O) groups excluding carboxylic acids is 1. The van der Waals surface area contributed by atoms with E-state index in [1.165, 1.54) is 17.8 Å². The van der Waals surface area contributed by atoms with Crippen molar-refractivity contribution < 1.29 is 4.79 Å². The Morgan fingerprint density at radius 3 is 3.05 bits per heavy atom. The molecule has 1 aromatic heterocycles. The van der Waals surface area contributed by atoms with E-state index in [1.54, 1.807) is 0 Å². The van der Waals surface area contributed by atoms with Gasteiger partial charge in [0.1, 0.15) is 0 Å². The second-order valence-corrected chi connectivity index (χ2v) is 6.69. The number of thiophene rings is 1. The molecule has 102 valence electrons. The second kappa shape index (κ2) is 5.77. The first-order valence-electron chi connectivity index (χ1n) is 6.58. The third-order valence-electron chi connectivity index (χ3n) is 3.48. The number of hydrogen-bond donors (Lipinski definition) is 2. The lowest BCUT2D eigenvalue weighted by atomic mass is 9.92. The Hall–Kier alpha value is -1.31. The number of carbonyl (C=O) groups is 1. The van der Waals surface area contributed by atoms with E-state index in [1.807, 2.05) is 11.4 Å². The largest absolute Gasteiger partial charge is 0.349 e. The zero-order valence-corrected chi connectivity index (χ0v) is 12.3. The molecule has 1 heterocycles. The minimum absolute atomic E-state index is 0.0137. The average Bonchev–Trinajstić information content (AvgIpc) is 2.93. The Bertz CT molecular complexity index is 522. The van der Waals surface area contributed by atoms with Gasteiger partial charge in [-0.3, -0.25) is 4.79 Å². The number of rotatable bonds is 2. The fourth-order valence-corrected chi connectivity index (χ4v) is 3.24. The van der Waals surface area contributed by atoms with Crippen LogP contribution in [0.2, 0.25) is 0 Å². The summed E-state index contributed by atoms with van der Waals surface area (Å²) in [6.45, 7) is 4.85. The smallest absolute Gasteiger partial charge is 0.252 e. The molecule has 0 bridgehead atoms. The molecule has 1 atom stereocenters. The average molecular weight is 276 g/mol. The van der Waals surface area contributed by atoms with Crippen molar-refractivity contribution in [2.75, 3.05) is 6.54 Å². The van der Waals surface area contributed by atoms with Gasteiger partial charge in [0, 0.05) is 11.4 Å². The van der Waals surface area contributed by atoms with Crippen LogP contribution in [-0.4, -0.2) is 18.5 Å². The second-order valence-electron chi connectivity index (χ2n) is 5.78. The third kappa shape index (κ3) is 3.82. The van der Waals surface area contributed by atoms with Crippen LogP contribution in [0.25, 0.3) is 0 Å². The quantitative estimate of drug-likeness (QED) is 0.815. The van der Waals surface area contributed by atoms with Gasteiger partial charge in [-0.15, -0.1) is 11.3 Å². The van der Waals surface area contributed by atoms with Crippen LogP contribution in [0.4, 0.5) is 0 Å². The van der Waals surface area contributed by atoms with Crippen LogP contribution in [0.3, 0.4) is 0 Å². The summed E-state index contributed by atoms with van der Waals surface area (Å²) in [5.41, 5.74) is 6.39. The fourth-order valence-electron chi connectivity index (χ4n) is 2.49. The van der Waals surface area contributed by atoms with Crippen LogP contribution in [-0.2, 0) is 0 Å². The van der Waals surface area contributed by atoms with Gasteiger partial charge in [0.15, 0.2) is 0 Å². The van der Waals surface area contributed by atoms with Crippen LogP contribution >= 0.6 is 11.3 Å². The van der Waals surface area contributed by atoms with Gasteiger partial charge >= 0.3 is 0 Å². The molecule has 3 N–H and O–H groups in total. The van der Waals surface area contributed by atoms with Crippen molar-refractivity contribution in [3.63, 3.8) is 0 Å². The number of amides is 1. The molecule has 3 nitrogen and oxygen atoms in total. The van der Waals surface area contributed by atoms with Crippen LogP contribution in [0.5, 0.6) is 0 Å². The van der Waals surface area contributed by atoms with Crippen molar-refractivity contribution in [1.29, 1.82) is 0 Å². The van der Waals surface area contributed by atoms with E-state index in [-0.39, 0.29) is 5.91 Å². The topological polar surface area (TPSA) is 55.1 Å². The van der Waals surface area contributed by atoms with Crippen LogP contribution < -0.4 is 11.1 Å². The lowest BCUT2D eigenvalue weighted by Crippen LogP contribution is -2.33. The molecular weight excluding hydrogens is 256 g/mol. The molecule has 1 aliphatic rings. The molecular formula is C15H20N2OS. The van der Waals surface area contributed by atoms with Gasteiger partial charge in [0.25, 0.3) is 5.91 Å². The molecule has 0 aliphatic heterocycles. The molecule has 19 heavy (non-hydrogen) atoms. The molecule has 4 heteroatoms. The van der Waals surface area contributed by atoms with E-state index in [0.717, 1.165) is 17.7 Å². The predicted octanol–water partition coefficient (Wildman–Crippen LogP) is 2.37. The highest BCUT2D eigenvalue weighted by molar-refractivity contribution is 7.10. The summed E-state index contributed by atoms with van der Waals surface area (Å²) in [5.74, 6) is 5.76. The highest BCUT2D eigenvalue weighted by atomic mass is 32.1. The standard InChI is InChI=1S/C15H20N2OS/c1-15(2)6-5-12(9-15)17-14(18)11-8-13(19-10-11)4-3-7-16/h8,10,12H,5-7,9,16H2,1-2H3,(H,17,18). The number of nitrogens with two attached hydrogens (primary N) is 1. The summed E-state index contributed by atoms with van der Waals surface area (Å²) in [5, 5.41) is 4.97. The number of nitrogens with one attached hydrogen (secondary N) is 1. The first-order chi connectivity index (χ1) is 9.00. The zero-order chi connectivity index (χ0) is 13.9. The van der Waals surface area contributed by atoms with Gasteiger partial charge in [-0.1, -0.05) is 25.7 Å². The molecule has 1 saturated carbocycles. The molecule has 0 saturated heterocycles. The molecule has 1 unspecified atom stereocenters. The maximum atomic E-state index is 12.1. The minimum atomic E-state index is 0.0137. The normalized spacial score (nSPS) is 20.7. The molecule has 2 rings (SSSR count). The SMILES string of the molecule is CC1(C)CCC(NC(=O)c2csc(C#CCN)c2)C1. The van der Waals surface area contributed by atoms with Crippen molar-refractivity contribution in [1.82, 2.24) is 5.32 Å². The van der Waals surface area contributed by atoms with Gasteiger partial charge < -0.3 is 11.1 Å². The highest BCUT2D eigenvalue weighted by Crippen LogP contribution is 2.37. The maximum Gasteiger partial charge on any atom is 0.252 e. The maximum absolute atomic E-state index is 12.1. The summed E-state index contributed by atoms with van der Waals surface area (Å²) in [6, 6.07) is 2.14. The molecule has 1 aromatic rings. The Morgan fingerprint density at radius 2 is 2.42 bits per heavy atom. The predicted molar refractivity (Wildman–Crippen MR) is 79.1 cm³/mol. The zero-order valence-electron chi connectivity index (χ0n) is 11.5. The molecule has 0 aromatic carbocycles. The van der Waals surface area contributed by atoms with E-state index >= 15 is 0 Å². The lowest BCUT2D eigenvalue weighted by Gasteiger charge is -2.17. The van der Waals surface area contributed by atoms with E-state index in [0.29, 0.717) is 23.6 Å². The van der Waals surface area contributed by atoms with Gasteiger partial charge in [-0.2, -0.15) is 0 Å². The van der Waals surface area contributed by atoms with Gasteiger partial charge in [-0.05, 0) is 30.7 Å². The minimum Gasteiger partial charge on any atom is -0.349 e. The van der Waals surface area contributed by atoms with Gasteiger partial charge in [0.2, 0.25) is 0 Å². The first kappa shape index (κ1) is 14.1. The summed E-state index contributed by atoms with van der Waals surface area (Å²) < 4.78 is 0. The number of hydrogen-bond acceptors (Lipinski definition) is 3. The van der Waals surface area contributed by atoms with Crippen LogP contribution in [0.1, 0.15) is 48.3 Å². The summed E-state index contributed by atoms with van der Waals surface area (Å²) in [7, 11) is 0. The highest BCUT2D eigenvalue weighted by Gasteiger charge is 2.31. The molecule has 0 radical (unpaired) electrons. The van der Waals surface area contributed by atoms with E-state index in [4.69, 9.17) is 5.73 Å². The summed E-state index contributed by atoms with van der Waals surface area (Å²) in [4.78, 5) is 13.0. The van der Waals surface area contributed by atoms with Gasteiger partial charge in [-0.25, -0.2) is 0 Å². The van der Waals surface area contributed by atoms with Crippen molar-refractivity contribution in [3.8, 4) is 11.8 Å². The Labute approximate surface area is 118 Å². The van der Waals surface area contributed by atoms with Crippen LogP contribution in [0, 0.1) is 17.3 Å². The monoisotopic (exact) mass is 276 g/mol. The third-order valence-corrected chi connectivity index (χ3v) is 4.32. The van der Waals surface area contributed by atoms with E-state index < -0.39 is 0 Å². The molecule has 0 spiro atoms. The summed E-state index contributed by atoms with van der Waals surface area (Å²) >= 11 is 1.49. The Balaban J connectivity index is 1.95. The van der Waals surface area contributed by atoms with Crippen molar-refractivity contribution in [2.45, 2.75) is 39.2 Å². The first-order valence-corrected chi connectivity index (χ1v) is 7.46. The van der Waals surface area contributed by atoms with Crippen molar-refractivity contribution in [3.05, 3.63) is 21.9 Å². The van der Waals surface area contributed by atoms with Crippen molar-refractivity contribution >= 4 is 17.2 Å². The fraction of sp³-hybridized carbons (Fsp3) is 0.533. The molecule has 1 amide bonds. The van der Waals surface area contributed by atoms with E-state index in [2.05, 4.69) is 31.0 Å². The molecule has 1 fully saturated rings. The van der Waals surface area contributed by atoms with Crippen LogP contribution in [0.15, 0.2) is 11.4 Å². The Morgan fingerprint density at radius 1 is 1.63 bits per heavy atom. The van der Waals surface area contributed by atoms with Crippen molar-refractivity contribution in [2.24, 2.45) is 11.1 Å². The van der Waals surface area contributed by atoms with Gasteiger partial charge in [0.05, 0.1) is 17.0 Å².